The van der Waals surface area contributed by atoms with Crippen LogP contribution in [-0.4, -0.2) is 65.1 Å². The number of carbonyl (C=O) groups excluding carboxylic acids is 4. The van der Waals surface area contributed by atoms with Crippen molar-refractivity contribution in [3.05, 3.63) is 0 Å². The van der Waals surface area contributed by atoms with Crippen LogP contribution in [0.4, 0.5) is 0 Å². The Morgan fingerprint density at radius 2 is 1.67 bits per heavy atom. The summed E-state index contributed by atoms with van der Waals surface area (Å²) >= 11 is 3.78. The van der Waals surface area contributed by atoms with E-state index in [2.05, 4.69) is 28.6 Å². The molecule has 3 atom stereocenters. The maximum Gasteiger partial charge on any atom is 0.327 e. The molecular formula is C12H21N5O6S. The summed E-state index contributed by atoms with van der Waals surface area (Å²) in [6, 6.07) is -3.51. The van der Waals surface area contributed by atoms with Crippen molar-refractivity contribution >= 4 is 42.2 Å². The van der Waals surface area contributed by atoms with Crippen molar-refractivity contribution in [2.75, 3.05) is 12.3 Å². The number of carboxylic acids is 1. The highest BCUT2D eigenvalue weighted by Crippen LogP contribution is 1.96. The van der Waals surface area contributed by atoms with Crippen molar-refractivity contribution < 1.29 is 29.1 Å². The lowest BCUT2D eigenvalue weighted by Gasteiger charge is -2.20. The molecule has 0 aliphatic carbocycles. The zero-order valence-electron chi connectivity index (χ0n) is 12.9. The Balaban J connectivity index is 4.78. The summed E-state index contributed by atoms with van der Waals surface area (Å²) in [6.07, 6.45) is -0.544. The molecule has 24 heavy (non-hydrogen) atoms. The lowest BCUT2D eigenvalue weighted by atomic mass is 10.1. The van der Waals surface area contributed by atoms with Crippen molar-refractivity contribution in [2.24, 2.45) is 11.5 Å². The van der Waals surface area contributed by atoms with Gasteiger partial charge in [-0.2, -0.15) is 12.6 Å². The highest BCUT2D eigenvalue weighted by atomic mass is 32.1. The quantitative estimate of drug-likeness (QED) is 0.194. The van der Waals surface area contributed by atoms with Crippen LogP contribution in [0, 0.1) is 0 Å². The molecule has 0 aromatic carbocycles. The number of aliphatic carboxylic acids is 1. The van der Waals surface area contributed by atoms with E-state index in [0.717, 1.165) is 0 Å². The molecule has 0 aromatic heterocycles. The minimum atomic E-state index is -1.39. The molecule has 0 saturated carbocycles. The molecule has 0 aliphatic heterocycles. The van der Waals surface area contributed by atoms with Gasteiger partial charge >= 0.3 is 5.97 Å². The average Bonchev–Trinajstić information content (AvgIpc) is 2.48. The van der Waals surface area contributed by atoms with Crippen LogP contribution in [0.5, 0.6) is 0 Å². The molecule has 0 heterocycles. The summed E-state index contributed by atoms with van der Waals surface area (Å²) in [5, 5.41) is 15.4. The molecule has 0 aliphatic rings. The third-order valence-electron chi connectivity index (χ3n) is 2.69. The first kappa shape index (κ1) is 21.7. The topological polar surface area (TPSA) is 194 Å². The van der Waals surface area contributed by atoms with E-state index in [1.54, 1.807) is 0 Å². The van der Waals surface area contributed by atoms with Crippen molar-refractivity contribution in [1.82, 2.24) is 16.0 Å². The average molecular weight is 363 g/mol. The first-order valence-electron chi connectivity index (χ1n) is 6.83. The molecule has 0 rings (SSSR count). The van der Waals surface area contributed by atoms with Crippen LogP contribution >= 0.6 is 12.6 Å². The Morgan fingerprint density at radius 3 is 2.08 bits per heavy atom. The number of thiol groups is 1. The first-order valence-corrected chi connectivity index (χ1v) is 7.46. The summed E-state index contributed by atoms with van der Waals surface area (Å²) in [7, 11) is 0. The van der Waals surface area contributed by atoms with Gasteiger partial charge in [-0.3, -0.25) is 19.2 Å². The Labute approximate surface area is 143 Å². The summed E-state index contributed by atoms with van der Waals surface area (Å²) in [5.74, 6) is -4.67. The largest absolute Gasteiger partial charge is 0.480 e. The maximum atomic E-state index is 12.0. The molecule has 0 aromatic rings. The molecule has 0 spiro atoms. The van der Waals surface area contributed by atoms with Gasteiger partial charge in [0.2, 0.25) is 23.6 Å². The van der Waals surface area contributed by atoms with E-state index in [0.29, 0.717) is 0 Å². The molecule has 0 fully saturated rings. The SMILES string of the molecule is CC(N)C(=O)NCC(=O)NC(CC(N)=O)C(=O)NC(CS)C(=O)O. The van der Waals surface area contributed by atoms with Crippen LogP contribution in [0.2, 0.25) is 0 Å². The number of hydrogen-bond acceptors (Lipinski definition) is 7. The predicted molar refractivity (Wildman–Crippen MR) is 85.8 cm³/mol. The lowest BCUT2D eigenvalue weighted by molar-refractivity contribution is -0.141. The third-order valence-corrected chi connectivity index (χ3v) is 3.06. The van der Waals surface area contributed by atoms with Crippen LogP contribution in [-0.2, 0) is 24.0 Å². The molecule has 11 nitrogen and oxygen atoms in total. The van der Waals surface area contributed by atoms with Gasteiger partial charge in [0.15, 0.2) is 0 Å². The van der Waals surface area contributed by atoms with Gasteiger partial charge in [0.1, 0.15) is 12.1 Å². The summed E-state index contributed by atoms with van der Waals surface area (Å²) in [4.78, 5) is 56.9. The normalized spacial score (nSPS) is 14.0. The highest BCUT2D eigenvalue weighted by molar-refractivity contribution is 7.80. The van der Waals surface area contributed by atoms with Gasteiger partial charge < -0.3 is 32.5 Å². The fourth-order valence-corrected chi connectivity index (χ4v) is 1.69. The van der Waals surface area contributed by atoms with E-state index in [1.807, 2.05) is 0 Å². The van der Waals surface area contributed by atoms with E-state index in [4.69, 9.17) is 16.6 Å². The second-order valence-electron chi connectivity index (χ2n) is 4.88. The van der Waals surface area contributed by atoms with Crippen LogP contribution in [0.15, 0.2) is 0 Å². The second-order valence-corrected chi connectivity index (χ2v) is 5.24. The number of primary amides is 1. The Morgan fingerprint density at radius 1 is 1.08 bits per heavy atom. The predicted octanol–water partition coefficient (Wildman–Crippen LogP) is -3.69. The Kier molecular flexibility index (Phi) is 9.42. The molecule has 136 valence electrons. The van der Waals surface area contributed by atoms with Gasteiger partial charge in [-0.1, -0.05) is 0 Å². The number of carboxylic acid groups (broad SMARTS) is 1. The third kappa shape index (κ3) is 8.33. The van der Waals surface area contributed by atoms with Crippen LogP contribution in [0.1, 0.15) is 13.3 Å². The lowest BCUT2D eigenvalue weighted by Crippen LogP contribution is -2.55. The minimum Gasteiger partial charge on any atom is -0.480 e. The van der Waals surface area contributed by atoms with E-state index in [9.17, 15) is 24.0 Å². The fourth-order valence-electron chi connectivity index (χ4n) is 1.44. The van der Waals surface area contributed by atoms with Crippen molar-refractivity contribution in [3.8, 4) is 0 Å². The number of rotatable bonds is 10. The summed E-state index contributed by atoms with van der Waals surface area (Å²) in [6.45, 7) is 0.942. The minimum absolute atomic E-state index is 0.192. The molecule has 0 bridgehead atoms. The molecule has 0 radical (unpaired) electrons. The molecule has 0 saturated heterocycles. The van der Waals surface area contributed by atoms with Gasteiger partial charge in [0, 0.05) is 5.75 Å². The first-order chi connectivity index (χ1) is 11.1. The van der Waals surface area contributed by atoms with Crippen LogP contribution in [0.3, 0.4) is 0 Å². The number of amides is 4. The molecule has 3 unspecified atom stereocenters. The van der Waals surface area contributed by atoms with E-state index < -0.39 is 60.7 Å². The molecular weight excluding hydrogens is 342 g/mol. The summed E-state index contributed by atoms with van der Waals surface area (Å²) in [5.41, 5.74) is 10.3. The Hall–Kier alpha value is -2.34. The zero-order chi connectivity index (χ0) is 18.9. The van der Waals surface area contributed by atoms with E-state index in [-0.39, 0.29) is 5.75 Å². The second kappa shape index (κ2) is 10.4. The van der Waals surface area contributed by atoms with Crippen LogP contribution < -0.4 is 27.4 Å². The van der Waals surface area contributed by atoms with Gasteiger partial charge in [0.25, 0.3) is 0 Å². The maximum absolute atomic E-state index is 12.0. The van der Waals surface area contributed by atoms with Gasteiger partial charge in [-0.15, -0.1) is 0 Å². The number of hydrogen-bond donors (Lipinski definition) is 7. The summed E-state index contributed by atoms with van der Waals surface area (Å²) < 4.78 is 0. The highest BCUT2D eigenvalue weighted by Gasteiger charge is 2.27. The van der Waals surface area contributed by atoms with Gasteiger partial charge in [-0.05, 0) is 6.92 Å². The zero-order valence-corrected chi connectivity index (χ0v) is 13.8. The number of nitrogens with one attached hydrogen (secondary N) is 3. The standard InChI is InChI=1S/C12H21N5O6S/c1-5(13)10(20)15-3-9(19)16-6(2-8(14)18)11(21)17-7(4-24)12(22)23/h5-7,24H,2-4,13H2,1H3,(H2,14,18)(H,15,20)(H,16,19)(H,17,21)(H,22,23). The van der Waals surface area contributed by atoms with Gasteiger partial charge in [0.05, 0.1) is 19.0 Å². The van der Waals surface area contributed by atoms with E-state index >= 15 is 0 Å². The molecule has 12 heteroatoms. The molecule has 4 amide bonds. The monoisotopic (exact) mass is 363 g/mol. The van der Waals surface area contributed by atoms with Crippen molar-refractivity contribution in [1.29, 1.82) is 0 Å². The fraction of sp³-hybridized carbons (Fsp3) is 0.583. The smallest absolute Gasteiger partial charge is 0.327 e. The Bertz CT molecular complexity index is 512. The molecule has 8 N–H and O–H groups in total. The van der Waals surface area contributed by atoms with Crippen LogP contribution in [0.25, 0.3) is 0 Å². The van der Waals surface area contributed by atoms with Gasteiger partial charge in [-0.25, -0.2) is 4.79 Å². The van der Waals surface area contributed by atoms with E-state index in [1.165, 1.54) is 6.92 Å². The number of nitrogens with two attached hydrogens (primary N) is 2. The van der Waals surface area contributed by atoms with Crippen molar-refractivity contribution in [3.63, 3.8) is 0 Å². The number of carbonyl (C=O) groups is 5. The van der Waals surface area contributed by atoms with Crippen molar-refractivity contribution in [2.45, 2.75) is 31.5 Å².